The summed E-state index contributed by atoms with van der Waals surface area (Å²) in [6.45, 7) is 6.64. The van der Waals surface area contributed by atoms with Crippen LogP contribution in [0.2, 0.25) is 0 Å². The third kappa shape index (κ3) is 45.1. The van der Waals surface area contributed by atoms with Gasteiger partial charge in [0.1, 0.15) is 13.2 Å². The number of rotatable bonds is 46. The van der Waals surface area contributed by atoms with E-state index in [1.54, 1.807) is 0 Å². The van der Waals surface area contributed by atoms with Gasteiger partial charge in [0.05, 0.1) is 0 Å². The summed E-state index contributed by atoms with van der Waals surface area (Å²) in [7, 11) is 0. The monoisotopic (exact) mass is 805 g/mol. The van der Waals surface area contributed by atoms with Gasteiger partial charge in [0.15, 0.2) is 6.10 Å². The molecule has 0 saturated heterocycles. The molecule has 0 rings (SSSR count). The second-order valence-corrected chi connectivity index (χ2v) is 17.1. The second kappa shape index (κ2) is 46.8. The highest BCUT2D eigenvalue weighted by Crippen LogP contribution is 2.16. The van der Waals surface area contributed by atoms with Crippen molar-refractivity contribution in [3.63, 3.8) is 0 Å². The van der Waals surface area contributed by atoms with Crippen LogP contribution in [-0.4, -0.2) is 37.2 Å². The molecule has 57 heavy (non-hydrogen) atoms. The lowest BCUT2D eigenvalue weighted by Gasteiger charge is -2.18. The van der Waals surface area contributed by atoms with Gasteiger partial charge in [0.25, 0.3) is 0 Å². The molecule has 0 aromatic heterocycles. The van der Waals surface area contributed by atoms with Gasteiger partial charge in [-0.1, -0.05) is 226 Å². The summed E-state index contributed by atoms with van der Waals surface area (Å²) in [5.74, 6) is -0.864. The van der Waals surface area contributed by atoms with Crippen molar-refractivity contribution in [1.29, 1.82) is 0 Å². The van der Waals surface area contributed by atoms with Crippen LogP contribution in [0, 0.1) is 0 Å². The molecule has 0 aromatic carbocycles. The number of hydrogen-bond donors (Lipinski definition) is 0. The predicted octanol–water partition coefficient (Wildman–Crippen LogP) is 16.2. The average Bonchev–Trinajstić information content (AvgIpc) is 3.21. The zero-order valence-electron chi connectivity index (χ0n) is 38.4. The number of hydrogen-bond acceptors (Lipinski definition) is 6. The first-order valence-electron chi connectivity index (χ1n) is 25.2. The highest BCUT2D eigenvalue weighted by molar-refractivity contribution is 5.71. The first-order chi connectivity index (χ1) is 28.0. The largest absolute Gasteiger partial charge is 0.462 e. The molecule has 6 nitrogen and oxygen atoms in total. The minimum Gasteiger partial charge on any atom is -0.462 e. The van der Waals surface area contributed by atoms with Crippen molar-refractivity contribution < 1.29 is 28.6 Å². The lowest BCUT2D eigenvalue weighted by atomic mass is 10.0. The molecule has 0 aromatic rings. The van der Waals surface area contributed by atoms with E-state index < -0.39 is 6.10 Å². The number of carbonyl (C=O) groups excluding carboxylic acids is 3. The number of unbranched alkanes of at least 4 members (excludes halogenated alkanes) is 33. The van der Waals surface area contributed by atoms with Crippen molar-refractivity contribution in [2.75, 3.05) is 13.2 Å². The zero-order valence-corrected chi connectivity index (χ0v) is 38.4. The first-order valence-corrected chi connectivity index (χ1v) is 25.2. The van der Waals surface area contributed by atoms with E-state index in [1.165, 1.54) is 173 Å². The second-order valence-electron chi connectivity index (χ2n) is 17.1. The fourth-order valence-electron chi connectivity index (χ4n) is 7.44. The molecular weight excluding hydrogens is 709 g/mol. The number of allylic oxidation sites excluding steroid dienone is 2. The fourth-order valence-corrected chi connectivity index (χ4v) is 7.44. The molecule has 0 fully saturated rings. The van der Waals surface area contributed by atoms with Gasteiger partial charge in [0, 0.05) is 19.3 Å². The van der Waals surface area contributed by atoms with Gasteiger partial charge in [-0.2, -0.15) is 0 Å². The Balaban J connectivity index is 4.31. The van der Waals surface area contributed by atoms with Crippen LogP contribution in [0.15, 0.2) is 12.2 Å². The van der Waals surface area contributed by atoms with E-state index in [-0.39, 0.29) is 31.1 Å². The lowest BCUT2D eigenvalue weighted by molar-refractivity contribution is -0.167. The predicted molar refractivity (Wildman–Crippen MR) is 243 cm³/mol. The minimum atomic E-state index is -0.765. The summed E-state index contributed by atoms with van der Waals surface area (Å²) in [5, 5.41) is 0. The Bertz CT molecular complexity index is 885. The Morgan fingerprint density at radius 3 is 0.877 bits per heavy atom. The molecule has 0 bridgehead atoms. The molecule has 0 aliphatic heterocycles. The van der Waals surface area contributed by atoms with Crippen LogP contribution in [0.3, 0.4) is 0 Å². The van der Waals surface area contributed by atoms with Gasteiger partial charge in [0.2, 0.25) is 0 Å². The van der Waals surface area contributed by atoms with E-state index in [0.29, 0.717) is 19.3 Å². The number of carbonyl (C=O) groups is 3. The molecule has 0 spiro atoms. The Kier molecular flexibility index (Phi) is 45.3. The first kappa shape index (κ1) is 55.2. The van der Waals surface area contributed by atoms with E-state index in [1.807, 2.05) is 0 Å². The van der Waals surface area contributed by atoms with Gasteiger partial charge < -0.3 is 14.2 Å². The molecule has 0 saturated carbocycles. The molecule has 0 aliphatic carbocycles. The smallest absolute Gasteiger partial charge is 0.306 e. The fraction of sp³-hybridized carbons (Fsp3) is 0.902. The Morgan fingerprint density at radius 1 is 0.333 bits per heavy atom. The van der Waals surface area contributed by atoms with Crippen LogP contribution in [0.25, 0.3) is 0 Å². The lowest BCUT2D eigenvalue weighted by Crippen LogP contribution is -2.30. The molecule has 0 unspecified atom stereocenters. The zero-order chi connectivity index (χ0) is 41.5. The molecule has 0 aliphatic rings. The highest BCUT2D eigenvalue weighted by Gasteiger charge is 2.19. The quantitative estimate of drug-likeness (QED) is 0.0264. The number of esters is 3. The molecule has 0 radical (unpaired) electrons. The summed E-state index contributed by atoms with van der Waals surface area (Å²) < 4.78 is 16.8. The highest BCUT2D eigenvalue weighted by atomic mass is 16.6. The topological polar surface area (TPSA) is 78.9 Å². The maximum atomic E-state index is 12.7. The van der Waals surface area contributed by atoms with Crippen molar-refractivity contribution in [3.8, 4) is 0 Å². The maximum absolute atomic E-state index is 12.7. The minimum absolute atomic E-state index is 0.0677. The van der Waals surface area contributed by atoms with Crippen LogP contribution in [-0.2, 0) is 28.6 Å². The summed E-state index contributed by atoms with van der Waals surface area (Å²) in [4.78, 5) is 37.8. The van der Waals surface area contributed by atoms with Crippen molar-refractivity contribution in [2.45, 2.75) is 284 Å². The van der Waals surface area contributed by atoms with E-state index >= 15 is 0 Å². The normalized spacial score (nSPS) is 12.0. The number of ether oxygens (including phenoxy) is 3. The van der Waals surface area contributed by atoms with E-state index in [9.17, 15) is 14.4 Å². The van der Waals surface area contributed by atoms with E-state index in [4.69, 9.17) is 14.2 Å². The molecule has 6 heteroatoms. The third-order valence-corrected chi connectivity index (χ3v) is 11.3. The van der Waals surface area contributed by atoms with Gasteiger partial charge >= 0.3 is 17.9 Å². The Hall–Kier alpha value is -1.85. The maximum Gasteiger partial charge on any atom is 0.306 e. The summed E-state index contributed by atoms with van der Waals surface area (Å²) in [6.07, 6.45) is 50.5. The van der Waals surface area contributed by atoms with Gasteiger partial charge in [-0.15, -0.1) is 0 Å². The molecule has 0 heterocycles. The van der Waals surface area contributed by atoms with Crippen LogP contribution < -0.4 is 0 Å². The van der Waals surface area contributed by atoms with Crippen molar-refractivity contribution in [3.05, 3.63) is 12.2 Å². The van der Waals surface area contributed by atoms with Gasteiger partial charge in [-0.05, 0) is 44.9 Å². The van der Waals surface area contributed by atoms with Gasteiger partial charge in [-0.25, -0.2) is 0 Å². The molecular formula is C51H96O6. The standard InChI is InChI=1S/C51H96O6/c1-4-7-10-13-16-19-22-24-25-26-28-29-32-35-38-41-44-50(53)56-47-48(46-55-49(52)43-40-37-34-31-21-18-15-12-9-6-3)57-51(54)45-42-39-36-33-30-27-23-20-17-14-11-8-5-2/h25-26,48H,4-24,27-47H2,1-3H3/b26-25-/t48-/m1/s1. The summed E-state index contributed by atoms with van der Waals surface area (Å²) >= 11 is 0. The van der Waals surface area contributed by atoms with E-state index in [0.717, 1.165) is 64.2 Å². The van der Waals surface area contributed by atoms with Crippen molar-refractivity contribution in [1.82, 2.24) is 0 Å². The SMILES string of the molecule is CCCCCCCCC/C=C\CCCCCCCC(=O)OC[C@@H](COC(=O)CCCCCCCCCCCC)OC(=O)CCCCCCCCCCCCCCC. The molecule has 0 amide bonds. The van der Waals surface area contributed by atoms with Crippen molar-refractivity contribution in [2.24, 2.45) is 0 Å². The summed E-state index contributed by atoms with van der Waals surface area (Å²) in [5.41, 5.74) is 0. The van der Waals surface area contributed by atoms with Crippen LogP contribution in [0.4, 0.5) is 0 Å². The average molecular weight is 805 g/mol. The summed E-state index contributed by atoms with van der Waals surface area (Å²) in [6, 6.07) is 0. The van der Waals surface area contributed by atoms with Crippen molar-refractivity contribution >= 4 is 17.9 Å². The Labute approximate surface area is 354 Å². The third-order valence-electron chi connectivity index (χ3n) is 11.3. The molecule has 1 atom stereocenters. The van der Waals surface area contributed by atoms with E-state index in [2.05, 4.69) is 32.9 Å². The molecule has 336 valence electrons. The Morgan fingerprint density at radius 2 is 0.579 bits per heavy atom. The van der Waals surface area contributed by atoms with Crippen LogP contribution >= 0.6 is 0 Å². The van der Waals surface area contributed by atoms with Gasteiger partial charge in [-0.3, -0.25) is 14.4 Å². The van der Waals surface area contributed by atoms with Crippen LogP contribution in [0.1, 0.15) is 278 Å². The van der Waals surface area contributed by atoms with Crippen LogP contribution in [0.5, 0.6) is 0 Å². The molecule has 0 N–H and O–H groups in total.